The SMILES string of the molecule is CC(=O)N1C2CCC(C3CCC(N4CCOCC4)CC3)CC2N(C(=O)C2CCCO2)C[C@@H]1C. The molecule has 5 aliphatic rings. The molecule has 3 saturated heterocycles. The standard InChI is InChI=1S/C26H43N3O4/c1-18-17-28(26(31)25-4-3-13-33-25)24-16-21(7-10-23(24)29(18)19(2)30)20-5-8-22(9-6-20)27-11-14-32-15-12-27/h18,20-25H,3-17H2,1-2H3/t18-,20?,21?,22?,23?,24?,25?/m0/s1. The van der Waals surface area contributed by atoms with Gasteiger partial charge < -0.3 is 19.3 Å². The molecule has 3 heterocycles. The maximum Gasteiger partial charge on any atom is 0.252 e. The molecule has 5 fully saturated rings. The number of fused-ring (bicyclic) bond motifs is 1. The Kier molecular flexibility index (Phi) is 7.29. The van der Waals surface area contributed by atoms with Gasteiger partial charge in [0.05, 0.1) is 25.3 Å². The van der Waals surface area contributed by atoms with Gasteiger partial charge in [0.1, 0.15) is 6.10 Å². The monoisotopic (exact) mass is 461 g/mol. The van der Waals surface area contributed by atoms with Crippen molar-refractivity contribution in [2.45, 2.75) is 102 Å². The van der Waals surface area contributed by atoms with E-state index in [1.54, 1.807) is 6.92 Å². The predicted octanol–water partition coefficient (Wildman–Crippen LogP) is 2.67. The van der Waals surface area contributed by atoms with E-state index in [0.717, 1.165) is 63.9 Å². The molecular weight excluding hydrogens is 418 g/mol. The van der Waals surface area contributed by atoms with Crippen LogP contribution in [0.4, 0.5) is 0 Å². The van der Waals surface area contributed by atoms with Crippen LogP contribution in [0.15, 0.2) is 0 Å². The zero-order valence-electron chi connectivity index (χ0n) is 20.6. The summed E-state index contributed by atoms with van der Waals surface area (Å²) < 4.78 is 11.3. The summed E-state index contributed by atoms with van der Waals surface area (Å²) in [5.74, 6) is 1.76. The van der Waals surface area contributed by atoms with Crippen molar-refractivity contribution in [3.8, 4) is 0 Å². The minimum atomic E-state index is -0.272. The number of piperazine rings is 1. The molecule has 186 valence electrons. The van der Waals surface area contributed by atoms with Crippen LogP contribution in [0.2, 0.25) is 0 Å². The van der Waals surface area contributed by atoms with Crippen molar-refractivity contribution in [1.29, 1.82) is 0 Å². The first kappa shape index (κ1) is 23.6. The van der Waals surface area contributed by atoms with Crippen LogP contribution in [0.5, 0.6) is 0 Å². The van der Waals surface area contributed by atoms with E-state index in [-0.39, 0.29) is 36.0 Å². The third kappa shape index (κ3) is 4.83. The fraction of sp³-hybridized carbons (Fsp3) is 0.923. The second kappa shape index (κ2) is 10.2. The first-order valence-electron chi connectivity index (χ1n) is 13.6. The summed E-state index contributed by atoms with van der Waals surface area (Å²) in [5.41, 5.74) is 0. The average molecular weight is 462 g/mol. The Bertz CT molecular complexity index is 698. The van der Waals surface area contributed by atoms with Crippen LogP contribution in [-0.4, -0.2) is 96.2 Å². The molecule has 4 unspecified atom stereocenters. The van der Waals surface area contributed by atoms with E-state index in [1.807, 2.05) is 0 Å². The lowest BCUT2D eigenvalue weighted by Crippen LogP contribution is -2.68. The second-order valence-electron chi connectivity index (χ2n) is 11.2. The van der Waals surface area contributed by atoms with Crippen molar-refractivity contribution < 1.29 is 19.1 Å². The van der Waals surface area contributed by atoms with Gasteiger partial charge in [0.25, 0.3) is 5.91 Å². The topological polar surface area (TPSA) is 62.3 Å². The van der Waals surface area contributed by atoms with Gasteiger partial charge in [-0.25, -0.2) is 0 Å². The highest BCUT2D eigenvalue weighted by molar-refractivity contribution is 5.82. The lowest BCUT2D eigenvalue weighted by molar-refractivity contribution is -0.160. The molecule has 5 rings (SSSR count). The Morgan fingerprint density at radius 1 is 0.848 bits per heavy atom. The summed E-state index contributed by atoms with van der Waals surface area (Å²) >= 11 is 0. The normalized spacial score (nSPS) is 40.5. The summed E-state index contributed by atoms with van der Waals surface area (Å²) in [6.45, 7) is 9.08. The largest absolute Gasteiger partial charge is 0.379 e. The molecule has 0 bridgehead atoms. The van der Waals surface area contributed by atoms with Gasteiger partial charge in [0, 0.05) is 45.2 Å². The van der Waals surface area contributed by atoms with Crippen molar-refractivity contribution in [1.82, 2.24) is 14.7 Å². The molecule has 0 aromatic rings. The molecule has 5 atom stereocenters. The smallest absolute Gasteiger partial charge is 0.252 e. The molecule has 33 heavy (non-hydrogen) atoms. The van der Waals surface area contributed by atoms with Gasteiger partial charge in [0.2, 0.25) is 5.91 Å². The molecular formula is C26H43N3O4. The van der Waals surface area contributed by atoms with Gasteiger partial charge in [-0.05, 0) is 76.5 Å². The molecule has 7 heteroatoms. The predicted molar refractivity (Wildman–Crippen MR) is 126 cm³/mol. The summed E-state index contributed by atoms with van der Waals surface area (Å²) in [5, 5.41) is 0. The number of rotatable bonds is 3. The van der Waals surface area contributed by atoms with E-state index in [9.17, 15) is 9.59 Å². The van der Waals surface area contributed by atoms with E-state index in [0.29, 0.717) is 19.1 Å². The van der Waals surface area contributed by atoms with Gasteiger partial charge in [-0.1, -0.05) is 0 Å². The maximum absolute atomic E-state index is 13.5. The number of morpholine rings is 1. The highest BCUT2D eigenvalue weighted by atomic mass is 16.5. The third-order valence-electron chi connectivity index (χ3n) is 9.34. The summed E-state index contributed by atoms with van der Waals surface area (Å²) in [7, 11) is 0. The first-order valence-corrected chi connectivity index (χ1v) is 13.6. The minimum absolute atomic E-state index is 0.0783. The van der Waals surface area contributed by atoms with Crippen molar-refractivity contribution >= 4 is 11.8 Å². The molecule has 7 nitrogen and oxygen atoms in total. The van der Waals surface area contributed by atoms with Crippen molar-refractivity contribution in [2.24, 2.45) is 11.8 Å². The minimum Gasteiger partial charge on any atom is -0.379 e. The fourth-order valence-corrected chi connectivity index (χ4v) is 7.72. The highest BCUT2D eigenvalue weighted by Gasteiger charge is 2.48. The number of carbonyl (C=O) groups excluding carboxylic acids is 2. The molecule has 0 radical (unpaired) electrons. The molecule has 2 aliphatic carbocycles. The van der Waals surface area contributed by atoms with E-state index < -0.39 is 0 Å². The van der Waals surface area contributed by atoms with Gasteiger partial charge in [-0.3, -0.25) is 14.5 Å². The van der Waals surface area contributed by atoms with Crippen LogP contribution in [0.25, 0.3) is 0 Å². The number of nitrogens with zero attached hydrogens (tertiary/aromatic N) is 3. The van der Waals surface area contributed by atoms with Crippen molar-refractivity contribution in [3.05, 3.63) is 0 Å². The van der Waals surface area contributed by atoms with E-state index in [4.69, 9.17) is 9.47 Å². The van der Waals surface area contributed by atoms with Crippen molar-refractivity contribution in [3.63, 3.8) is 0 Å². The molecule has 2 amide bonds. The molecule has 0 N–H and O–H groups in total. The lowest BCUT2D eigenvalue weighted by atomic mass is 9.68. The molecule has 3 aliphatic heterocycles. The van der Waals surface area contributed by atoms with Crippen LogP contribution < -0.4 is 0 Å². The number of hydrogen-bond acceptors (Lipinski definition) is 5. The lowest BCUT2D eigenvalue weighted by Gasteiger charge is -2.55. The van der Waals surface area contributed by atoms with Gasteiger partial charge in [0.15, 0.2) is 0 Å². The summed E-state index contributed by atoms with van der Waals surface area (Å²) in [6, 6.07) is 1.12. The molecule has 2 saturated carbocycles. The fourth-order valence-electron chi connectivity index (χ4n) is 7.72. The van der Waals surface area contributed by atoms with Gasteiger partial charge >= 0.3 is 0 Å². The maximum atomic E-state index is 13.5. The second-order valence-corrected chi connectivity index (χ2v) is 11.2. The zero-order chi connectivity index (χ0) is 22.9. The number of hydrogen-bond donors (Lipinski definition) is 0. The third-order valence-corrected chi connectivity index (χ3v) is 9.34. The Morgan fingerprint density at radius 3 is 2.24 bits per heavy atom. The van der Waals surface area contributed by atoms with Crippen LogP contribution in [0, 0.1) is 11.8 Å². The Morgan fingerprint density at radius 2 is 1.58 bits per heavy atom. The zero-order valence-corrected chi connectivity index (χ0v) is 20.6. The van der Waals surface area contributed by atoms with Gasteiger partial charge in [-0.15, -0.1) is 0 Å². The Labute approximate surface area is 199 Å². The quantitative estimate of drug-likeness (QED) is 0.647. The van der Waals surface area contributed by atoms with Crippen LogP contribution in [0.3, 0.4) is 0 Å². The Balaban J connectivity index is 1.26. The van der Waals surface area contributed by atoms with E-state index in [2.05, 4.69) is 21.6 Å². The van der Waals surface area contributed by atoms with Crippen LogP contribution in [-0.2, 0) is 19.1 Å². The van der Waals surface area contributed by atoms with E-state index >= 15 is 0 Å². The van der Waals surface area contributed by atoms with Crippen LogP contribution in [0.1, 0.15) is 71.6 Å². The van der Waals surface area contributed by atoms with Crippen molar-refractivity contribution in [2.75, 3.05) is 39.5 Å². The Hall–Kier alpha value is -1.18. The molecule has 0 spiro atoms. The van der Waals surface area contributed by atoms with Crippen LogP contribution >= 0.6 is 0 Å². The summed E-state index contributed by atoms with van der Waals surface area (Å²) in [4.78, 5) is 32.9. The number of carbonyl (C=O) groups is 2. The van der Waals surface area contributed by atoms with Gasteiger partial charge in [-0.2, -0.15) is 0 Å². The summed E-state index contributed by atoms with van der Waals surface area (Å²) in [6.07, 6.45) is 10.00. The molecule has 0 aromatic heterocycles. The molecule has 0 aromatic carbocycles. The average Bonchev–Trinajstić information content (AvgIpc) is 3.38. The number of ether oxygens (including phenoxy) is 2. The number of amides is 2. The van der Waals surface area contributed by atoms with E-state index in [1.165, 1.54) is 32.1 Å². The highest BCUT2D eigenvalue weighted by Crippen LogP contribution is 2.43. The first-order chi connectivity index (χ1) is 16.0.